The first-order valence-corrected chi connectivity index (χ1v) is 6.52. The molecule has 0 atom stereocenters. The Balaban J connectivity index is 2.02. The van der Waals surface area contributed by atoms with E-state index in [4.69, 9.17) is 0 Å². The van der Waals surface area contributed by atoms with Crippen LogP contribution < -0.4 is 0 Å². The van der Waals surface area contributed by atoms with Crippen molar-refractivity contribution in [2.24, 2.45) is 0 Å². The summed E-state index contributed by atoms with van der Waals surface area (Å²) >= 11 is 0. The molecule has 0 N–H and O–H groups in total. The van der Waals surface area contributed by atoms with Crippen molar-refractivity contribution in [3.05, 3.63) is 75.3 Å². The zero-order chi connectivity index (χ0) is 14.5. The predicted octanol–water partition coefficient (Wildman–Crippen LogP) is 3.54. The molecule has 0 radical (unpaired) electrons. The first-order valence-electron chi connectivity index (χ1n) is 6.52. The van der Waals surface area contributed by atoms with E-state index in [9.17, 15) is 10.1 Å². The summed E-state index contributed by atoms with van der Waals surface area (Å²) in [5.41, 5.74) is 3.59. The second kappa shape index (κ2) is 6.30. The van der Waals surface area contributed by atoms with Gasteiger partial charge in [-0.15, -0.1) is 0 Å². The molecule has 0 bridgehead atoms. The zero-order valence-corrected chi connectivity index (χ0v) is 11.7. The molecule has 0 unspecified atom stereocenters. The summed E-state index contributed by atoms with van der Waals surface area (Å²) in [5, 5.41) is 10.8. The van der Waals surface area contributed by atoms with Crippen LogP contribution in [0.2, 0.25) is 0 Å². The minimum atomic E-state index is -0.357. The van der Waals surface area contributed by atoms with Crippen LogP contribution in [0, 0.1) is 17.0 Å². The van der Waals surface area contributed by atoms with E-state index >= 15 is 0 Å². The van der Waals surface area contributed by atoms with E-state index in [1.165, 1.54) is 17.2 Å². The van der Waals surface area contributed by atoms with E-state index in [1.807, 2.05) is 19.2 Å². The van der Waals surface area contributed by atoms with Gasteiger partial charge in [-0.05, 0) is 25.1 Å². The van der Waals surface area contributed by atoms with E-state index in [2.05, 4.69) is 30.0 Å². The molecule has 0 spiro atoms. The Kier molecular flexibility index (Phi) is 4.48. The van der Waals surface area contributed by atoms with Gasteiger partial charge in [-0.1, -0.05) is 42.0 Å². The molecule has 0 saturated heterocycles. The monoisotopic (exact) mass is 270 g/mol. The van der Waals surface area contributed by atoms with Gasteiger partial charge in [-0.25, -0.2) is 0 Å². The molecule has 4 nitrogen and oxygen atoms in total. The maximum atomic E-state index is 10.8. The minimum Gasteiger partial charge on any atom is -0.298 e. The predicted molar refractivity (Wildman–Crippen MR) is 79.4 cm³/mol. The lowest BCUT2D eigenvalue weighted by molar-refractivity contribution is -0.384. The molecule has 0 aromatic heterocycles. The Morgan fingerprint density at radius 3 is 2.25 bits per heavy atom. The second-order valence-corrected chi connectivity index (χ2v) is 5.09. The van der Waals surface area contributed by atoms with Crippen molar-refractivity contribution in [2.45, 2.75) is 20.0 Å². The summed E-state index contributed by atoms with van der Waals surface area (Å²) in [4.78, 5) is 12.5. The molecule has 20 heavy (non-hydrogen) atoms. The maximum Gasteiger partial charge on any atom is 0.269 e. The molecule has 2 aromatic carbocycles. The highest BCUT2D eigenvalue weighted by Gasteiger charge is 2.07. The zero-order valence-electron chi connectivity index (χ0n) is 11.7. The molecule has 0 heterocycles. The van der Waals surface area contributed by atoms with Crippen LogP contribution in [-0.2, 0) is 13.1 Å². The van der Waals surface area contributed by atoms with Gasteiger partial charge in [0, 0.05) is 25.2 Å². The summed E-state index contributed by atoms with van der Waals surface area (Å²) < 4.78 is 0. The van der Waals surface area contributed by atoms with Gasteiger partial charge in [-0.3, -0.25) is 15.0 Å². The van der Waals surface area contributed by atoms with Crippen LogP contribution >= 0.6 is 0 Å². The van der Waals surface area contributed by atoms with E-state index < -0.39 is 0 Å². The van der Waals surface area contributed by atoms with Crippen molar-refractivity contribution in [3.63, 3.8) is 0 Å². The van der Waals surface area contributed by atoms with Crippen LogP contribution in [0.4, 0.5) is 5.69 Å². The number of non-ortho nitro benzene ring substituents is 1. The van der Waals surface area contributed by atoms with Crippen LogP contribution in [0.5, 0.6) is 0 Å². The molecule has 2 aromatic rings. The minimum absolute atomic E-state index is 0.145. The van der Waals surface area contributed by atoms with E-state index in [0.29, 0.717) is 6.54 Å². The third-order valence-corrected chi connectivity index (χ3v) is 3.11. The second-order valence-electron chi connectivity index (χ2n) is 5.09. The third kappa shape index (κ3) is 3.90. The van der Waals surface area contributed by atoms with E-state index in [0.717, 1.165) is 12.1 Å². The molecule has 0 saturated carbocycles. The Labute approximate surface area is 118 Å². The van der Waals surface area contributed by atoms with E-state index in [1.54, 1.807) is 12.1 Å². The molecule has 0 aliphatic carbocycles. The highest BCUT2D eigenvalue weighted by Crippen LogP contribution is 2.15. The molecule has 2 rings (SSSR count). The topological polar surface area (TPSA) is 46.4 Å². The summed E-state index contributed by atoms with van der Waals surface area (Å²) in [5.74, 6) is 0. The number of nitrogens with zero attached hydrogens (tertiary/aromatic N) is 2. The van der Waals surface area contributed by atoms with Gasteiger partial charge in [0.1, 0.15) is 0 Å². The van der Waals surface area contributed by atoms with Crippen LogP contribution in [0.3, 0.4) is 0 Å². The van der Waals surface area contributed by atoms with Crippen molar-refractivity contribution in [3.8, 4) is 0 Å². The van der Waals surface area contributed by atoms with Gasteiger partial charge in [0.25, 0.3) is 5.69 Å². The van der Waals surface area contributed by atoms with Crippen molar-refractivity contribution in [1.82, 2.24) is 4.90 Å². The lowest BCUT2D eigenvalue weighted by Gasteiger charge is -2.17. The number of benzene rings is 2. The third-order valence-electron chi connectivity index (χ3n) is 3.11. The average Bonchev–Trinajstić information content (AvgIpc) is 2.38. The molecule has 0 fully saturated rings. The fourth-order valence-corrected chi connectivity index (χ4v) is 2.26. The first-order chi connectivity index (χ1) is 9.54. The normalized spacial score (nSPS) is 10.8. The molecular weight excluding hydrogens is 252 g/mol. The summed E-state index contributed by atoms with van der Waals surface area (Å²) in [7, 11) is 2.02. The fourth-order valence-electron chi connectivity index (χ4n) is 2.26. The smallest absolute Gasteiger partial charge is 0.269 e. The Morgan fingerprint density at radius 1 is 1.05 bits per heavy atom. The van der Waals surface area contributed by atoms with Gasteiger partial charge in [0.15, 0.2) is 0 Å². The number of nitro groups is 1. The fraction of sp³-hybridized carbons (Fsp3) is 0.250. The van der Waals surface area contributed by atoms with Gasteiger partial charge in [-0.2, -0.15) is 0 Å². The van der Waals surface area contributed by atoms with Gasteiger partial charge in [0.05, 0.1) is 4.92 Å². The number of aryl methyl sites for hydroxylation is 1. The Morgan fingerprint density at radius 2 is 1.65 bits per heavy atom. The summed E-state index contributed by atoms with van der Waals surface area (Å²) in [6.45, 7) is 3.59. The average molecular weight is 270 g/mol. The first kappa shape index (κ1) is 14.2. The number of nitro benzene ring substituents is 1. The summed E-state index contributed by atoms with van der Waals surface area (Å²) in [6, 6.07) is 15.2. The van der Waals surface area contributed by atoms with Crippen molar-refractivity contribution in [1.29, 1.82) is 0 Å². The highest BCUT2D eigenvalue weighted by molar-refractivity contribution is 5.34. The lowest BCUT2D eigenvalue weighted by atomic mass is 10.1. The van der Waals surface area contributed by atoms with Crippen LogP contribution in [-0.4, -0.2) is 16.9 Å². The maximum absolute atomic E-state index is 10.8. The van der Waals surface area contributed by atoms with Crippen LogP contribution in [0.25, 0.3) is 0 Å². The van der Waals surface area contributed by atoms with Crippen molar-refractivity contribution in [2.75, 3.05) is 7.05 Å². The van der Waals surface area contributed by atoms with Gasteiger partial charge in [0.2, 0.25) is 0 Å². The molecule has 4 heteroatoms. The summed E-state index contributed by atoms with van der Waals surface area (Å²) in [6.07, 6.45) is 0. The number of rotatable bonds is 5. The van der Waals surface area contributed by atoms with Crippen LogP contribution in [0.15, 0.2) is 48.5 Å². The Hall–Kier alpha value is -2.20. The molecule has 0 amide bonds. The van der Waals surface area contributed by atoms with Crippen molar-refractivity contribution < 1.29 is 4.92 Å². The van der Waals surface area contributed by atoms with Gasteiger partial charge < -0.3 is 0 Å². The number of hydrogen-bond donors (Lipinski definition) is 0. The van der Waals surface area contributed by atoms with E-state index in [-0.39, 0.29) is 10.6 Å². The van der Waals surface area contributed by atoms with Crippen LogP contribution in [0.1, 0.15) is 16.7 Å². The molecule has 104 valence electrons. The highest BCUT2D eigenvalue weighted by atomic mass is 16.6. The van der Waals surface area contributed by atoms with Gasteiger partial charge >= 0.3 is 0 Å². The molecular formula is C16H18N2O2. The molecule has 0 aliphatic heterocycles. The SMILES string of the molecule is Cc1cccc(CN(C)Cc2cccc([N+](=O)[O-])c2)c1. The Bertz CT molecular complexity index is 611. The number of hydrogen-bond acceptors (Lipinski definition) is 3. The molecule has 0 aliphatic rings. The van der Waals surface area contributed by atoms with Crippen molar-refractivity contribution >= 4 is 5.69 Å². The quantitative estimate of drug-likeness (QED) is 0.616. The standard InChI is InChI=1S/C16H18N2O2/c1-13-5-3-6-14(9-13)11-17(2)12-15-7-4-8-16(10-15)18(19)20/h3-10H,11-12H2,1-2H3. The lowest BCUT2D eigenvalue weighted by Crippen LogP contribution is -2.17. The largest absolute Gasteiger partial charge is 0.298 e.